The number of benzene rings is 2. The number of hydrogen-bond acceptors (Lipinski definition) is 2. The smallest absolute Gasteiger partial charge is 0.255 e. The summed E-state index contributed by atoms with van der Waals surface area (Å²) in [5.74, 6) is -2.29. The summed E-state index contributed by atoms with van der Waals surface area (Å²) >= 11 is 4.89. The lowest BCUT2D eigenvalue weighted by molar-refractivity contribution is 0.102. The molecule has 3 nitrogen and oxygen atoms in total. The Labute approximate surface area is 135 Å². The van der Waals surface area contributed by atoms with Crippen LogP contribution in [0.1, 0.15) is 10.4 Å². The van der Waals surface area contributed by atoms with Crippen LogP contribution < -0.4 is 5.32 Å². The summed E-state index contributed by atoms with van der Waals surface area (Å²) < 4.78 is 27.2. The second-order valence-electron chi connectivity index (χ2n) is 3.86. The molecule has 20 heavy (non-hydrogen) atoms. The first kappa shape index (κ1) is 15.2. The third-order valence-corrected chi connectivity index (χ3v) is 3.99. The lowest BCUT2D eigenvalue weighted by Gasteiger charge is -2.09. The molecule has 7 heteroatoms. The molecule has 0 saturated heterocycles. The van der Waals surface area contributed by atoms with Gasteiger partial charge in [-0.15, -0.1) is 0 Å². The SMILES string of the molecule is O=C(Nc1c(F)cc(F)cc1Br)c1ccc(I)c(O)c1. The van der Waals surface area contributed by atoms with Crippen molar-refractivity contribution in [1.82, 2.24) is 0 Å². The van der Waals surface area contributed by atoms with Gasteiger partial charge in [0, 0.05) is 16.1 Å². The number of phenols is 1. The van der Waals surface area contributed by atoms with Crippen molar-refractivity contribution < 1.29 is 18.7 Å². The highest BCUT2D eigenvalue weighted by Crippen LogP contribution is 2.28. The molecule has 0 aliphatic carbocycles. The van der Waals surface area contributed by atoms with Crippen LogP contribution >= 0.6 is 38.5 Å². The van der Waals surface area contributed by atoms with Gasteiger partial charge in [-0.1, -0.05) is 0 Å². The van der Waals surface area contributed by atoms with Crippen molar-refractivity contribution in [1.29, 1.82) is 0 Å². The molecule has 0 spiro atoms. The molecule has 2 rings (SSSR count). The summed E-state index contributed by atoms with van der Waals surface area (Å²) in [6, 6.07) is 6.04. The highest BCUT2D eigenvalue weighted by molar-refractivity contribution is 14.1. The minimum atomic E-state index is -0.889. The van der Waals surface area contributed by atoms with E-state index in [1.807, 2.05) is 22.6 Å². The quantitative estimate of drug-likeness (QED) is 0.666. The number of carbonyl (C=O) groups excluding carboxylic acids is 1. The van der Waals surface area contributed by atoms with E-state index in [9.17, 15) is 18.7 Å². The van der Waals surface area contributed by atoms with E-state index < -0.39 is 17.5 Å². The standard InChI is InChI=1S/C13H7BrF2INO2/c14-8-4-7(15)5-9(16)12(8)18-13(20)6-1-2-10(17)11(19)3-6/h1-5,19H,(H,18,20). The highest BCUT2D eigenvalue weighted by atomic mass is 127. The van der Waals surface area contributed by atoms with E-state index in [0.717, 1.165) is 6.07 Å². The Morgan fingerprint density at radius 1 is 1.25 bits per heavy atom. The van der Waals surface area contributed by atoms with Crippen LogP contribution in [-0.4, -0.2) is 11.0 Å². The molecule has 0 aliphatic rings. The zero-order valence-electron chi connectivity index (χ0n) is 9.75. The van der Waals surface area contributed by atoms with Crippen molar-refractivity contribution in [2.75, 3.05) is 5.32 Å². The van der Waals surface area contributed by atoms with Gasteiger partial charge in [0.25, 0.3) is 5.91 Å². The maximum Gasteiger partial charge on any atom is 0.255 e. The normalized spacial score (nSPS) is 10.4. The molecule has 1 amide bonds. The molecule has 104 valence electrons. The number of anilines is 1. The zero-order chi connectivity index (χ0) is 14.9. The summed E-state index contributed by atoms with van der Waals surface area (Å²) in [4.78, 5) is 12.0. The zero-order valence-corrected chi connectivity index (χ0v) is 13.5. The monoisotopic (exact) mass is 453 g/mol. The molecule has 0 aromatic heterocycles. The van der Waals surface area contributed by atoms with Crippen molar-refractivity contribution in [3.05, 3.63) is 55.6 Å². The van der Waals surface area contributed by atoms with Crippen LogP contribution in [0.4, 0.5) is 14.5 Å². The second-order valence-corrected chi connectivity index (χ2v) is 5.88. The third-order valence-electron chi connectivity index (χ3n) is 2.45. The topological polar surface area (TPSA) is 49.3 Å². The van der Waals surface area contributed by atoms with E-state index in [2.05, 4.69) is 21.2 Å². The van der Waals surface area contributed by atoms with Crippen LogP contribution in [0.3, 0.4) is 0 Å². The van der Waals surface area contributed by atoms with E-state index in [0.29, 0.717) is 9.64 Å². The summed E-state index contributed by atoms with van der Waals surface area (Å²) in [6.45, 7) is 0. The lowest BCUT2D eigenvalue weighted by Crippen LogP contribution is -2.13. The molecule has 0 heterocycles. The van der Waals surface area contributed by atoms with Gasteiger partial charge < -0.3 is 10.4 Å². The molecule has 0 aliphatic heterocycles. The Bertz CT molecular complexity index is 671. The molecule has 0 fully saturated rings. The van der Waals surface area contributed by atoms with Gasteiger partial charge in [0.05, 0.1) is 9.26 Å². The molecule has 0 saturated carbocycles. The Hall–Kier alpha value is -1.22. The average molecular weight is 454 g/mol. The summed E-state index contributed by atoms with van der Waals surface area (Å²) in [7, 11) is 0. The molecule has 0 bridgehead atoms. The number of amides is 1. The van der Waals surface area contributed by atoms with Crippen molar-refractivity contribution in [3.8, 4) is 5.75 Å². The van der Waals surface area contributed by atoms with Crippen molar-refractivity contribution in [2.24, 2.45) is 0 Å². The molecule has 0 radical (unpaired) electrons. The van der Waals surface area contributed by atoms with E-state index in [4.69, 9.17) is 0 Å². The van der Waals surface area contributed by atoms with Crippen molar-refractivity contribution in [3.63, 3.8) is 0 Å². The number of carbonyl (C=O) groups is 1. The van der Waals surface area contributed by atoms with Gasteiger partial charge in [-0.05, 0) is 62.8 Å². The Balaban J connectivity index is 2.30. The lowest BCUT2D eigenvalue weighted by atomic mass is 10.2. The predicted molar refractivity (Wildman–Crippen MR) is 82.8 cm³/mol. The second kappa shape index (κ2) is 6.04. The molecule has 2 aromatic rings. The van der Waals surface area contributed by atoms with Gasteiger partial charge >= 0.3 is 0 Å². The van der Waals surface area contributed by atoms with Gasteiger partial charge in [-0.3, -0.25) is 4.79 Å². The van der Waals surface area contributed by atoms with Crippen LogP contribution in [0.2, 0.25) is 0 Å². The van der Waals surface area contributed by atoms with E-state index in [1.165, 1.54) is 12.1 Å². The summed E-state index contributed by atoms with van der Waals surface area (Å²) in [5, 5.41) is 11.9. The number of nitrogens with one attached hydrogen (secondary N) is 1. The molecule has 2 N–H and O–H groups in total. The Morgan fingerprint density at radius 2 is 1.95 bits per heavy atom. The number of rotatable bonds is 2. The minimum Gasteiger partial charge on any atom is -0.507 e. The van der Waals surface area contributed by atoms with Crippen LogP contribution in [0.15, 0.2) is 34.8 Å². The van der Waals surface area contributed by atoms with E-state index >= 15 is 0 Å². The largest absolute Gasteiger partial charge is 0.507 e. The van der Waals surface area contributed by atoms with Gasteiger partial charge in [-0.2, -0.15) is 0 Å². The average Bonchev–Trinajstić information content (AvgIpc) is 2.36. The first-order valence-electron chi connectivity index (χ1n) is 5.33. The molecular weight excluding hydrogens is 447 g/mol. The predicted octanol–water partition coefficient (Wildman–Crippen LogP) is 4.29. The maximum absolute atomic E-state index is 13.6. The molecule has 2 aromatic carbocycles. The fraction of sp³-hybridized carbons (Fsp3) is 0. The minimum absolute atomic E-state index is 0.0445. The number of halogens is 4. The highest BCUT2D eigenvalue weighted by Gasteiger charge is 2.14. The first-order chi connectivity index (χ1) is 9.38. The van der Waals surface area contributed by atoms with Gasteiger partial charge in [0.15, 0.2) is 5.82 Å². The first-order valence-corrected chi connectivity index (χ1v) is 7.20. The van der Waals surface area contributed by atoms with Gasteiger partial charge in [0.1, 0.15) is 11.6 Å². The fourth-order valence-corrected chi connectivity index (χ4v) is 2.34. The van der Waals surface area contributed by atoms with Crippen molar-refractivity contribution >= 4 is 50.1 Å². The summed E-state index contributed by atoms with van der Waals surface area (Å²) in [6.07, 6.45) is 0. The maximum atomic E-state index is 13.6. The van der Waals surface area contributed by atoms with Gasteiger partial charge in [0.2, 0.25) is 0 Å². The van der Waals surface area contributed by atoms with Crippen LogP contribution in [0.25, 0.3) is 0 Å². The summed E-state index contributed by atoms with van der Waals surface area (Å²) in [5.41, 5.74) is 0.00739. The van der Waals surface area contributed by atoms with E-state index in [1.54, 1.807) is 6.07 Å². The van der Waals surface area contributed by atoms with Gasteiger partial charge in [-0.25, -0.2) is 8.78 Å². The fourth-order valence-electron chi connectivity index (χ4n) is 1.50. The molecule has 0 atom stereocenters. The molecular formula is C13H7BrF2INO2. The van der Waals surface area contributed by atoms with Crippen LogP contribution in [0.5, 0.6) is 5.75 Å². The molecule has 0 unspecified atom stereocenters. The number of aromatic hydroxyl groups is 1. The van der Waals surface area contributed by atoms with Crippen LogP contribution in [0, 0.1) is 15.2 Å². The van der Waals surface area contributed by atoms with Crippen molar-refractivity contribution in [2.45, 2.75) is 0 Å². The Kier molecular flexibility index (Phi) is 4.59. The van der Waals surface area contributed by atoms with E-state index in [-0.39, 0.29) is 21.5 Å². The third kappa shape index (κ3) is 3.26. The number of hydrogen-bond donors (Lipinski definition) is 2. The van der Waals surface area contributed by atoms with Crippen LogP contribution in [-0.2, 0) is 0 Å². The number of phenolic OH excluding ortho intramolecular Hbond substituents is 1. The Morgan fingerprint density at radius 3 is 2.55 bits per heavy atom.